The fraction of sp³-hybridized carbons (Fsp3) is 0.700. The third kappa shape index (κ3) is 1.37. The first-order valence-electron chi connectivity index (χ1n) is 4.83. The van der Waals surface area contributed by atoms with Crippen LogP contribution in [0.2, 0.25) is 0 Å². The summed E-state index contributed by atoms with van der Waals surface area (Å²) < 4.78 is 1.78. The van der Waals surface area contributed by atoms with Crippen LogP contribution in [0.15, 0.2) is 12.3 Å². The van der Waals surface area contributed by atoms with Crippen molar-refractivity contribution >= 4 is 0 Å². The van der Waals surface area contributed by atoms with Gasteiger partial charge >= 0.3 is 0 Å². The second-order valence-corrected chi connectivity index (χ2v) is 4.22. The lowest BCUT2D eigenvalue weighted by Crippen LogP contribution is -2.25. The number of aliphatic hydroxyl groups is 1. The molecule has 0 amide bonds. The third-order valence-electron chi connectivity index (χ3n) is 3.03. The summed E-state index contributed by atoms with van der Waals surface area (Å²) in [5.74, 6) is 0.625. The van der Waals surface area contributed by atoms with E-state index in [4.69, 9.17) is 0 Å². The van der Waals surface area contributed by atoms with Gasteiger partial charge in [-0.1, -0.05) is 6.92 Å². The van der Waals surface area contributed by atoms with E-state index in [1.807, 2.05) is 13.1 Å². The first kappa shape index (κ1) is 8.75. The van der Waals surface area contributed by atoms with Gasteiger partial charge in [-0.2, -0.15) is 5.10 Å². The number of hydrogen-bond donors (Lipinski definition) is 1. The van der Waals surface area contributed by atoms with Crippen molar-refractivity contribution in [1.82, 2.24) is 9.78 Å². The minimum Gasteiger partial charge on any atom is -0.384 e. The van der Waals surface area contributed by atoms with E-state index in [0.29, 0.717) is 5.92 Å². The monoisotopic (exact) mass is 180 g/mol. The second-order valence-electron chi connectivity index (χ2n) is 4.22. The molecule has 1 aliphatic rings. The first-order valence-corrected chi connectivity index (χ1v) is 4.83. The Labute approximate surface area is 78.4 Å². The molecule has 0 spiro atoms. The van der Waals surface area contributed by atoms with Gasteiger partial charge in [0.25, 0.3) is 0 Å². The Morgan fingerprint density at radius 2 is 2.46 bits per heavy atom. The Morgan fingerprint density at radius 3 is 2.92 bits per heavy atom. The van der Waals surface area contributed by atoms with Crippen molar-refractivity contribution in [1.29, 1.82) is 0 Å². The lowest BCUT2D eigenvalue weighted by molar-refractivity contribution is 0.0324. The van der Waals surface area contributed by atoms with Gasteiger partial charge in [0.05, 0.1) is 5.69 Å². The summed E-state index contributed by atoms with van der Waals surface area (Å²) in [6.45, 7) is 2.19. The van der Waals surface area contributed by atoms with Gasteiger partial charge in [0.1, 0.15) is 5.60 Å². The fourth-order valence-electron chi connectivity index (χ4n) is 2.33. The van der Waals surface area contributed by atoms with E-state index in [1.54, 1.807) is 10.9 Å². The van der Waals surface area contributed by atoms with Crippen molar-refractivity contribution < 1.29 is 5.11 Å². The van der Waals surface area contributed by atoms with Gasteiger partial charge in [-0.05, 0) is 31.2 Å². The van der Waals surface area contributed by atoms with Crippen molar-refractivity contribution in [3.8, 4) is 0 Å². The van der Waals surface area contributed by atoms with Crippen LogP contribution in [-0.4, -0.2) is 14.9 Å². The zero-order chi connectivity index (χ0) is 9.47. The van der Waals surface area contributed by atoms with Gasteiger partial charge in [-0.15, -0.1) is 0 Å². The Hall–Kier alpha value is -0.830. The van der Waals surface area contributed by atoms with Gasteiger partial charge in [-0.3, -0.25) is 4.68 Å². The minimum atomic E-state index is -0.620. The molecule has 0 aliphatic heterocycles. The first-order chi connectivity index (χ1) is 6.12. The van der Waals surface area contributed by atoms with Crippen LogP contribution in [0.25, 0.3) is 0 Å². The molecule has 1 fully saturated rings. The highest BCUT2D eigenvalue weighted by Gasteiger charge is 2.38. The van der Waals surface area contributed by atoms with Crippen LogP contribution < -0.4 is 0 Å². The lowest BCUT2D eigenvalue weighted by atomic mass is 9.97. The molecule has 0 aromatic carbocycles. The van der Waals surface area contributed by atoms with E-state index < -0.39 is 5.60 Å². The normalized spacial score (nSPS) is 33.9. The van der Waals surface area contributed by atoms with E-state index in [0.717, 1.165) is 25.0 Å². The zero-order valence-electron chi connectivity index (χ0n) is 8.20. The quantitative estimate of drug-likeness (QED) is 0.710. The highest BCUT2D eigenvalue weighted by atomic mass is 16.3. The molecule has 1 aliphatic carbocycles. The van der Waals surface area contributed by atoms with Crippen LogP contribution in [0.1, 0.15) is 31.9 Å². The molecule has 1 aromatic heterocycles. The standard InChI is InChI=1S/C10H16N2O/c1-8-3-5-10(13,7-8)9-4-6-11-12(9)2/h4,6,8,13H,3,5,7H2,1-2H3. The van der Waals surface area contributed by atoms with Crippen LogP contribution in [0.3, 0.4) is 0 Å². The molecule has 3 nitrogen and oxygen atoms in total. The maximum Gasteiger partial charge on any atom is 0.106 e. The molecule has 1 aromatic rings. The molecular weight excluding hydrogens is 164 g/mol. The van der Waals surface area contributed by atoms with E-state index in [9.17, 15) is 5.11 Å². The summed E-state index contributed by atoms with van der Waals surface area (Å²) >= 11 is 0. The van der Waals surface area contributed by atoms with Crippen LogP contribution >= 0.6 is 0 Å². The summed E-state index contributed by atoms with van der Waals surface area (Å²) in [5.41, 5.74) is 0.335. The van der Waals surface area contributed by atoms with Crippen LogP contribution in [0.4, 0.5) is 0 Å². The van der Waals surface area contributed by atoms with Gasteiger partial charge in [-0.25, -0.2) is 0 Å². The van der Waals surface area contributed by atoms with E-state index in [-0.39, 0.29) is 0 Å². The average Bonchev–Trinajstić information content (AvgIpc) is 2.59. The number of hydrogen-bond acceptors (Lipinski definition) is 2. The van der Waals surface area contributed by atoms with Crippen molar-refractivity contribution in [3.63, 3.8) is 0 Å². The lowest BCUT2D eigenvalue weighted by Gasteiger charge is -2.22. The topological polar surface area (TPSA) is 38.1 Å². The minimum absolute atomic E-state index is 0.620. The Morgan fingerprint density at radius 1 is 1.69 bits per heavy atom. The molecule has 2 rings (SSSR count). The van der Waals surface area contributed by atoms with Crippen LogP contribution in [0, 0.1) is 5.92 Å². The fourth-order valence-corrected chi connectivity index (χ4v) is 2.33. The maximum absolute atomic E-state index is 10.3. The molecule has 0 radical (unpaired) electrons. The molecule has 0 saturated heterocycles. The summed E-state index contributed by atoms with van der Waals surface area (Å²) in [6.07, 6.45) is 4.60. The van der Waals surface area contributed by atoms with Crippen molar-refractivity contribution in [2.45, 2.75) is 31.8 Å². The van der Waals surface area contributed by atoms with Gasteiger partial charge < -0.3 is 5.11 Å². The van der Waals surface area contributed by atoms with Gasteiger partial charge in [0, 0.05) is 13.2 Å². The number of rotatable bonds is 1. The number of aryl methyl sites for hydroxylation is 1. The molecular formula is C10H16N2O. The van der Waals surface area contributed by atoms with E-state index in [1.165, 1.54) is 0 Å². The summed E-state index contributed by atoms with van der Waals surface area (Å²) in [4.78, 5) is 0. The van der Waals surface area contributed by atoms with Crippen LogP contribution in [0.5, 0.6) is 0 Å². The maximum atomic E-state index is 10.3. The Bertz CT molecular complexity index is 308. The van der Waals surface area contributed by atoms with Gasteiger partial charge in [0.15, 0.2) is 0 Å². The van der Waals surface area contributed by atoms with Gasteiger partial charge in [0.2, 0.25) is 0 Å². The highest BCUT2D eigenvalue weighted by Crippen LogP contribution is 2.41. The molecule has 2 unspecified atom stereocenters. The number of nitrogens with zero attached hydrogens (tertiary/aromatic N) is 2. The average molecular weight is 180 g/mol. The number of aromatic nitrogens is 2. The van der Waals surface area contributed by atoms with Crippen molar-refractivity contribution in [2.75, 3.05) is 0 Å². The molecule has 2 atom stereocenters. The SMILES string of the molecule is CC1CCC(O)(c2ccnn2C)C1. The molecule has 1 heterocycles. The zero-order valence-corrected chi connectivity index (χ0v) is 8.20. The Balaban J connectivity index is 2.30. The van der Waals surface area contributed by atoms with Crippen molar-refractivity contribution in [2.24, 2.45) is 13.0 Å². The second kappa shape index (κ2) is 2.84. The smallest absolute Gasteiger partial charge is 0.106 e. The summed E-state index contributed by atoms with van der Waals surface area (Å²) in [7, 11) is 1.89. The van der Waals surface area contributed by atoms with Crippen LogP contribution in [-0.2, 0) is 12.6 Å². The summed E-state index contributed by atoms with van der Waals surface area (Å²) in [5, 5.41) is 14.4. The molecule has 3 heteroatoms. The predicted octanol–water partition coefficient (Wildman–Crippen LogP) is 1.43. The highest BCUT2D eigenvalue weighted by molar-refractivity contribution is 5.13. The molecule has 1 N–H and O–H groups in total. The Kier molecular flexibility index (Phi) is 1.91. The predicted molar refractivity (Wildman–Crippen MR) is 50.1 cm³/mol. The molecule has 13 heavy (non-hydrogen) atoms. The molecule has 72 valence electrons. The van der Waals surface area contributed by atoms with Crippen molar-refractivity contribution in [3.05, 3.63) is 18.0 Å². The largest absolute Gasteiger partial charge is 0.384 e. The summed E-state index contributed by atoms with van der Waals surface area (Å²) in [6, 6.07) is 1.91. The molecule has 0 bridgehead atoms. The molecule has 1 saturated carbocycles. The third-order valence-corrected chi connectivity index (χ3v) is 3.03. The van der Waals surface area contributed by atoms with E-state index in [2.05, 4.69) is 12.0 Å². The van der Waals surface area contributed by atoms with E-state index >= 15 is 0 Å².